The summed E-state index contributed by atoms with van der Waals surface area (Å²) in [4.78, 5) is 15.6. The molecule has 3 rings (SSSR count). The first-order valence-corrected chi connectivity index (χ1v) is 6.21. The topological polar surface area (TPSA) is 34.4 Å². The van der Waals surface area contributed by atoms with E-state index in [0.29, 0.717) is 5.69 Å². The van der Waals surface area contributed by atoms with Crippen molar-refractivity contribution in [2.24, 2.45) is 0 Å². The monoisotopic (exact) mass is 250 g/mol. The number of aromatic nitrogens is 2. The normalized spacial score (nSPS) is 10.8. The van der Waals surface area contributed by atoms with Gasteiger partial charge in [0, 0.05) is 11.3 Å². The second-order valence-corrected chi connectivity index (χ2v) is 4.70. The zero-order chi connectivity index (χ0) is 13.4. The van der Waals surface area contributed by atoms with Crippen molar-refractivity contribution < 1.29 is 4.79 Å². The number of carbonyl (C=O) groups excluding carboxylic acids is 1. The van der Waals surface area contributed by atoms with Gasteiger partial charge in [-0.05, 0) is 32.0 Å². The summed E-state index contributed by atoms with van der Waals surface area (Å²) in [6, 6.07) is 14.0. The molecule has 19 heavy (non-hydrogen) atoms. The number of aldehydes is 1. The zero-order valence-corrected chi connectivity index (χ0v) is 10.9. The second-order valence-electron chi connectivity index (χ2n) is 4.70. The number of hydrogen-bond acceptors (Lipinski definition) is 2. The molecule has 0 N–H and O–H groups in total. The van der Waals surface area contributed by atoms with E-state index < -0.39 is 0 Å². The summed E-state index contributed by atoms with van der Waals surface area (Å²) in [7, 11) is 0. The number of hydrogen-bond donors (Lipinski definition) is 0. The van der Waals surface area contributed by atoms with Gasteiger partial charge in [0.25, 0.3) is 0 Å². The molecule has 1 aromatic carbocycles. The zero-order valence-electron chi connectivity index (χ0n) is 10.9. The molecule has 3 aromatic rings. The molecule has 0 unspecified atom stereocenters. The lowest BCUT2D eigenvalue weighted by Crippen LogP contribution is -1.94. The highest BCUT2D eigenvalue weighted by Crippen LogP contribution is 2.24. The summed E-state index contributed by atoms with van der Waals surface area (Å²) in [6.45, 7) is 4.06. The molecule has 3 heteroatoms. The molecule has 0 aliphatic carbocycles. The smallest absolute Gasteiger partial charge is 0.170 e. The summed E-state index contributed by atoms with van der Waals surface area (Å²) < 4.78 is 2.03. The van der Waals surface area contributed by atoms with Crippen LogP contribution in [0.4, 0.5) is 0 Å². The van der Waals surface area contributed by atoms with Gasteiger partial charge in [-0.15, -0.1) is 0 Å². The highest BCUT2D eigenvalue weighted by Gasteiger charge is 2.13. The van der Waals surface area contributed by atoms with Crippen molar-refractivity contribution >= 4 is 11.8 Å². The molecule has 0 aliphatic heterocycles. The van der Waals surface area contributed by atoms with Gasteiger partial charge in [0.2, 0.25) is 0 Å². The first kappa shape index (κ1) is 11.7. The van der Waals surface area contributed by atoms with Gasteiger partial charge in [-0.25, -0.2) is 4.98 Å². The fraction of sp³-hybridized carbons (Fsp3) is 0.125. The Morgan fingerprint density at radius 3 is 2.63 bits per heavy atom. The van der Waals surface area contributed by atoms with Crippen molar-refractivity contribution in [2.75, 3.05) is 0 Å². The van der Waals surface area contributed by atoms with E-state index in [0.717, 1.165) is 28.9 Å². The maximum absolute atomic E-state index is 11.2. The predicted octanol–water partition coefficient (Wildman–Crippen LogP) is 3.43. The van der Waals surface area contributed by atoms with Gasteiger partial charge < -0.3 is 0 Å². The number of pyridine rings is 1. The minimum absolute atomic E-state index is 0.486. The van der Waals surface area contributed by atoms with Crippen molar-refractivity contribution in [1.29, 1.82) is 0 Å². The largest absolute Gasteiger partial charge is 0.296 e. The van der Waals surface area contributed by atoms with Crippen LogP contribution < -0.4 is 0 Å². The van der Waals surface area contributed by atoms with Gasteiger partial charge in [-0.1, -0.05) is 29.8 Å². The summed E-state index contributed by atoms with van der Waals surface area (Å²) >= 11 is 0. The summed E-state index contributed by atoms with van der Waals surface area (Å²) in [5.41, 5.74) is 4.61. The summed E-state index contributed by atoms with van der Waals surface area (Å²) in [5, 5.41) is 0. The molecule has 0 fully saturated rings. The van der Waals surface area contributed by atoms with Crippen LogP contribution in [0, 0.1) is 13.8 Å². The average Bonchev–Trinajstić information content (AvgIpc) is 2.79. The first-order chi connectivity index (χ1) is 9.20. The van der Waals surface area contributed by atoms with Gasteiger partial charge in [0.15, 0.2) is 6.29 Å². The first-order valence-electron chi connectivity index (χ1n) is 6.21. The van der Waals surface area contributed by atoms with Crippen LogP contribution in [0.3, 0.4) is 0 Å². The molecule has 0 atom stereocenters. The standard InChI is InChI=1S/C16H14N2O/c1-11-5-3-7-13(9-11)16-17-14(10-19)15-8-4-6-12(2)18(15)16/h3-10H,1-2H3. The van der Waals surface area contributed by atoms with E-state index in [2.05, 4.69) is 11.1 Å². The second kappa shape index (κ2) is 4.35. The van der Waals surface area contributed by atoms with Crippen molar-refractivity contribution in [3.8, 4) is 11.4 Å². The van der Waals surface area contributed by atoms with Crippen molar-refractivity contribution in [1.82, 2.24) is 9.38 Å². The Labute approximate surface area is 111 Å². The number of nitrogens with zero attached hydrogens (tertiary/aromatic N) is 2. The van der Waals surface area contributed by atoms with E-state index in [1.165, 1.54) is 5.56 Å². The number of carbonyl (C=O) groups is 1. The Hall–Kier alpha value is -2.42. The maximum Gasteiger partial charge on any atom is 0.170 e. The third-order valence-electron chi connectivity index (χ3n) is 3.27. The number of rotatable bonds is 2. The van der Waals surface area contributed by atoms with Crippen LogP contribution in [0.15, 0.2) is 42.5 Å². The minimum atomic E-state index is 0.486. The number of benzene rings is 1. The van der Waals surface area contributed by atoms with Crippen molar-refractivity contribution in [2.45, 2.75) is 13.8 Å². The fourth-order valence-electron chi connectivity index (χ4n) is 2.38. The molecule has 3 nitrogen and oxygen atoms in total. The molecule has 0 bridgehead atoms. The Kier molecular flexibility index (Phi) is 2.67. The molecule has 2 heterocycles. The minimum Gasteiger partial charge on any atom is -0.296 e. The van der Waals surface area contributed by atoms with Crippen LogP contribution in [-0.4, -0.2) is 15.7 Å². The van der Waals surface area contributed by atoms with Crippen molar-refractivity contribution in [3.63, 3.8) is 0 Å². The highest BCUT2D eigenvalue weighted by molar-refractivity contribution is 5.86. The van der Waals surface area contributed by atoms with Gasteiger partial charge in [0.05, 0.1) is 5.52 Å². The molecule has 94 valence electrons. The Bertz CT molecular complexity index is 772. The van der Waals surface area contributed by atoms with Crippen LogP contribution in [-0.2, 0) is 0 Å². The Morgan fingerprint density at radius 2 is 1.89 bits per heavy atom. The molecule has 0 saturated heterocycles. The predicted molar refractivity (Wildman–Crippen MR) is 75.5 cm³/mol. The number of imidazole rings is 1. The molecular weight excluding hydrogens is 236 g/mol. The molecule has 0 saturated carbocycles. The molecule has 0 amide bonds. The number of fused-ring (bicyclic) bond motifs is 1. The molecular formula is C16H14N2O. The SMILES string of the molecule is Cc1cccc(-c2nc(C=O)c3cccc(C)n23)c1. The lowest BCUT2D eigenvalue weighted by Gasteiger charge is -2.05. The van der Waals surface area contributed by atoms with Crippen LogP contribution in [0.25, 0.3) is 16.9 Å². The van der Waals surface area contributed by atoms with Gasteiger partial charge in [-0.3, -0.25) is 9.20 Å². The van der Waals surface area contributed by atoms with Gasteiger partial charge >= 0.3 is 0 Å². The summed E-state index contributed by atoms with van der Waals surface area (Å²) in [6.07, 6.45) is 0.814. The Morgan fingerprint density at radius 1 is 1.11 bits per heavy atom. The fourth-order valence-corrected chi connectivity index (χ4v) is 2.38. The molecule has 0 radical (unpaired) electrons. The van der Waals surface area contributed by atoms with E-state index in [4.69, 9.17) is 0 Å². The highest BCUT2D eigenvalue weighted by atomic mass is 16.1. The Balaban J connectivity index is 2.38. The summed E-state index contributed by atoms with van der Waals surface area (Å²) in [5.74, 6) is 0.818. The van der Waals surface area contributed by atoms with Crippen LogP contribution in [0.5, 0.6) is 0 Å². The molecule has 0 spiro atoms. The maximum atomic E-state index is 11.2. The number of aryl methyl sites for hydroxylation is 2. The van der Waals surface area contributed by atoms with Crippen molar-refractivity contribution in [3.05, 3.63) is 59.4 Å². The average molecular weight is 250 g/mol. The van der Waals surface area contributed by atoms with E-state index in [1.807, 2.05) is 54.6 Å². The van der Waals surface area contributed by atoms with Crippen LogP contribution >= 0.6 is 0 Å². The quantitative estimate of drug-likeness (QED) is 0.653. The third-order valence-corrected chi connectivity index (χ3v) is 3.27. The van der Waals surface area contributed by atoms with E-state index in [1.54, 1.807) is 0 Å². The lowest BCUT2D eigenvalue weighted by molar-refractivity contribution is 0.112. The van der Waals surface area contributed by atoms with E-state index in [-0.39, 0.29) is 0 Å². The van der Waals surface area contributed by atoms with Crippen LogP contribution in [0.1, 0.15) is 21.7 Å². The molecule has 2 aromatic heterocycles. The van der Waals surface area contributed by atoms with E-state index >= 15 is 0 Å². The van der Waals surface area contributed by atoms with Gasteiger partial charge in [0.1, 0.15) is 11.5 Å². The third kappa shape index (κ3) is 1.83. The molecule has 0 aliphatic rings. The van der Waals surface area contributed by atoms with Gasteiger partial charge in [-0.2, -0.15) is 0 Å². The van der Waals surface area contributed by atoms with E-state index in [9.17, 15) is 4.79 Å². The lowest BCUT2D eigenvalue weighted by atomic mass is 10.1. The van der Waals surface area contributed by atoms with Crippen LogP contribution in [0.2, 0.25) is 0 Å².